The van der Waals surface area contributed by atoms with Gasteiger partial charge in [0.2, 0.25) is 0 Å². The summed E-state index contributed by atoms with van der Waals surface area (Å²) >= 11 is 0. The number of hydrogen-bond acceptors (Lipinski definition) is 4. The number of benzene rings is 1. The van der Waals surface area contributed by atoms with Crippen molar-refractivity contribution in [3.63, 3.8) is 0 Å². The Bertz CT molecular complexity index is 877. The maximum absolute atomic E-state index is 6.13. The van der Waals surface area contributed by atoms with Crippen molar-refractivity contribution in [2.45, 2.75) is 39.0 Å². The summed E-state index contributed by atoms with van der Waals surface area (Å²) in [5.41, 5.74) is 5.04. The van der Waals surface area contributed by atoms with Crippen molar-refractivity contribution < 1.29 is 4.74 Å². The summed E-state index contributed by atoms with van der Waals surface area (Å²) in [4.78, 5) is 9.47. The van der Waals surface area contributed by atoms with Crippen molar-refractivity contribution in [3.8, 4) is 0 Å². The molecule has 2 aromatic rings. The number of aryl methyl sites for hydroxylation is 2. The summed E-state index contributed by atoms with van der Waals surface area (Å²) in [7, 11) is 3.87. The zero-order valence-corrected chi connectivity index (χ0v) is 18.6. The number of likely N-dealkylation sites (tertiary alicyclic amines) is 1. The lowest BCUT2D eigenvalue weighted by Crippen LogP contribution is -2.50. The van der Waals surface area contributed by atoms with E-state index in [-0.39, 0.29) is 6.10 Å². The molecule has 2 unspecified atom stereocenters. The third-order valence-electron chi connectivity index (χ3n) is 6.47. The molecule has 0 amide bonds. The zero-order valence-electron chi connectivity index (χ0n) is 18.6. The number of hydrogen-bond donors (Lipinski definition) is 1. The second kappa shape index (κ2) is 9.18. The topological polar surface area (TPSA) is 57.9 Å². The van der Waals surface area contributed by atoms with Crippen LogP contribution in [0.25, 0.3) is 0 Å². The van der Waals surface area contributed by atoms with Crippen LogP contribution >= 0.6 is 0 Å². The van der Waals surface area contributed by atoms with Crippen molar-refractivity contribution in [1.29, 1.82) is 0 Å². The molecule has 0 radical (unpaired) electrons. The van der Waals surface area contributed by atoms with Gasteiger partial charge in [-0.15, -0.1) is 0 Å². The zero-order chi connectivity index (χ0) is 21.1. The van der Waals surface area contributed by atoms with Crippen LogP contribution in [0, 0.1) is 13.8 Å². The lowest BCUT2D eigenvalue weighted by Gasteiger charge is -2.36. The Labute approximate surface area is 179 Å². The molecule has 2 aliphatic heterocycles. The van der Waals surface area contributed by atoms with Gasteiger partial charge in [-0.1, -0.05) is 30.3 Å². The predicted octanol–water partition coefficient (Wildman–Crippen LogP) is 1.74. The van der Waals surface area contributed by atoms with Gasteiger partial charge in [-0.05, 0) is 31.4 Å². The summed E-state index contributed by atoms with van der Waals surface area (Å²) in [5, 5.41) is 8.09. The van der Waals surface area contributed by atoms with E-state index < -0.39 is 0 Å². The Morgan fingerprint density at radius 2 is 2.03 bits per heavy atom. The van der Waals surface area contributed by atoms with E-state index in [2.05, 4.69) is 69.4 Å². The van der Waals surface area contributed by atoms with Crippen LogP contribution in [0.15, 0.2) is 35.3 Å². The van der Waals surface area contributed by atoms with Crippen LogP contribution in [0.1, 0.15) is 22.5 Å². The van der Waals surface area contributed by atoms with Gasteiger partial charge in [0.15, 0.2) is 5.96 Å². The lowest BCUT2D eigenvalue weighted by molar-refractivity contribution is -0.0502. The van der Waals surface area contributed by atoms with E-state index in [1.54, 1.807) is 0 Å². The van der Waals surface area contributed by atoms with Crippen molar-refractivity contribution in [2.75, 3.05) is 39.8 Å². The Morgan fingerprint density at radius 1 is 1.23 bits per heavy atom. The number of fused-ring (bicyclic) bond motifs is 1. The third-order valence-corrected chi connectivity index (χ3v) is 6.47. The summed E-state index contributed by atoms with van der Waals surface area (Å²) in [5.74, 6) is 0.965. The molecule has 30 heavy (non-hydrogen) atoms. The molecule has 0 aliphatic carbocycles. The second-order valence-electron chi connectivity index (χ2n) is 8.33. The van der Waals surface area contributed by atoms with Crippen LogP contribution in [0.4, 0.5) is 0 Å². The fourth-order valence-corrected chi connectivity index (χ4v) is 4.76. The molecule has 2 atom stereocenters. The molecule has 0 bridgehead atoms. The van der Waals surface area contributed by atoms with E-state index >= 15 is 0 Å². The Balaban J connectivity index is 1.35. The van der Waals surface area contributed by atoms with E-state index in [1.807, 2.05) is 18.8 Å². The van der Waals surface area contributed by atoms with Gasteiger partial charge >= 0.3 is 0 Å². The highest BCUT2D eigenvalue weighted by molar-refractivity contribution is 5.80. The van der Waals surface area contributed by atoms with Crippen LogP contribution in [-0.4, -0.2) is 77.5 Å². The van der Waals surface area contributed by atoms with E-state index in [0.717, 1.165) is 57.4 Å². The van der Waals surface area contributed by atoms with Crippen LogP contribution in [0.2, 0.25) is 0 Å². The van der Waals surface area contributed by atoms with Gasteiger partial charge in [-0.2, -0.15) is 5.10 Å². The first-order chi connectivity index (χ1) is 14.6. The normalized spacial score (nSPS) is 22.4. The Morgan fingerprint density at radius 3 is 2.73 bits per heavy atom. The van der Waals surface area contributed by atoms with Gasteiger partial charge in [0, 0.05) is 52.5 Å². The van der Waals surface area contributed by atoms with Gasteiger partial charge < -0.3 is 15.0 Å². The van der Waals surface area contributed by atoms with Crippen molar-refractivity contribution >= 4 is 5.96 Å². The highest BCUT2D eigenvalue weighted by Crippen LogP contribution is 2.24. The molecule has 162 valence electrons. The molecule has 2 aliphatic rings. The molecule has 0 spiro atoms. The molecular formula is C23H34N6O. The minimum Gasteiger partial charge on any atom is -0.373 e. The first-order valence-electron chi connectivity index (χ1n) is 10.9. The van der Waals surface area contributed by atoms with E-state index in [4.69, 9.17) is 4.74 Å². The fourth-order valence-electron chi connectivity index (χ4n) is 4.76. The number of nitrogens with zero attached hydrogens (tertiary/aromatic N) is 5. The molecular weight excluding hydrogens is 376 g/mol. The van der Waals surface area contributed by atoms with E-state index in [9.17, 15) is 0 Å². The maximum atomic E-state index is 6.13. The molecule has 7 nitrogen and oxygen atoms in total. The van der Waals surface area contributed by atoms with E-state index in [0.29, 0.717) is 6.04 Å². The highest BCUT2D eigenvalue weighted by atomic mass is 16.5. The molecule has 2 fully saturated rings. The SMILES string of the molecule is CN=C(NCCc1c(C)nn(C)c1C)N1CC2OCCN(Cc3ccccc3)C2C1. The predicted molar refractivity (Wildman–Crippen MR) is 120 cm³/mol. The first kappa shape index (κ1) is 20.9. The molecule has 3 heterocycles. The molecule has 0 saturated carbocycles. The average molecular weight is 411 g/mol. The second-order valence-corrected chi connectivity index (χ2v) is 8.33. The first-order valence-corrected chi connectivity index (χ1v) is 10.9. The lowest BCUT2D eigenvalue weighted by atomic mass is 10.1. The number of morpholine rings is 1. The summed E-state index contributed by atoms with van der Waals surface area (Å²) in [6.07, 6.45) is 1.19. The van der Waals surface area contributed by atoms with Crippen molar-refractivity contribution in [2.24, 2.45) is 12.0 Å². The number of nitrogens with one attached hydrogen (secondary N) is 1. The number of aliphatic imine (C=N–C) groups is 1. The van der Waals surface area contributed by atoms with Gasteiger partial charge in [0.1, 0.15) is 0 Å². The summed E-state index contributed by atoms with van der Waals surface area (Å²) < 4.78 is 8.09. The smallest absolute Gasteiger partial charge is 0.193 e. The summed E-state index contributed by atoms with van der Waals surface area (Å²) in [6.45, 7) is 9.66. The number of rotatable bonds is 5. The van der Waals surface area contributed by atoms with Crippen molar-refractivity contribution in [3.05, 3.63) is 52.8 Å². The molecule has 1 N–H and O–H groups in total. The summed E-state index contributed by atoms with van der Waals surface area (Å²) in [6, 6.07) is 11.1. The largest absolute Gasteiger partial charge is 0.373 e. The Kier molecular flexibility index (Phi) is 6.39. The standard InChI is InChI=1S/C23H34N6O/c1-17-20(18(2)27(4)26-17)10-11-25-23(24-3)29-15-21-22(16-29)30-13-12-28(21)14-19-8-6-5-7-9-19/h5-9,21-22H,10-16H2,1-4H3,(H,24,25). The Hall–Kier alpha value is -2.38. The average Bonchev–Trinajstić information content (AvgIpc) is 3.28. The minimum atomic E-state index is 0.240. The highest BCUT2D eigenvalue weighted by Gasteiger charge is 2.41. The molecule has 7 heteroatoms. The number of guanidine groups is 1. The molecule has 4 rings (SSSR count). The maximum Gasteiger partial charge on any atom is 0.193 e. The fraction of sp³-hybridized carbons (Fsp3) is 0.565. The van der Waals surface area contributed by atoms with E-state index in [1.165, 1.54) is 16.8 Å². The molecule has 1 aromatic carbocycles. The van der Waals surface area contributed by atoms with Crippen LogP contribution < -0.4 is 5.32 Å². The van der Waals surface area contributed by atoms with Gasteiger partial charge in [-0.3, -0.25) is 14.6 Å². The minimum absolute atomic E-state index is 0.240. The third kappa shape index (κ3) is 4.37. The van der Waals surface area contributed by atoms with Crippen LogP contribution in [-0.2, 0) is 24.8 Å². The number of ether oxygens (including phenoxy) is 1. The van der Waals surface area contributed by atoms with Gasteiger partial charge in [-0.25, -0.2) is 0 Å². The quantitative estimate of drug-likeness (QED) is 0.601. The van der Waals surface area contributed by atoms with Crippen LogP contribution in [0.5, 0.6) is 0 Å². The van der Waals surface area contributed by atoms with Crippen LogP contribution in [0.3, 0.4) is 0 Å². The van der Waals surface area contributed by atoms with Gasteiger partial charge in [0.25, 0.3) is 0 Å². The molecule has 1 aromatic heterocycles. The monoisotopic (exact) mass is 410 g/mol. The molecule has 2 saturated heterocycles. The number of aromatic nitrogens is 2. The van der Waals surface area contributed by atoms with Gasteiger partial charge in [0.05, 0.1) is 24.4 Å². The van der Waals surface area contributed by atoms with Crippen molar-refractivity contribution in [1.82, 2.24) is 24.9 Å².